The fourth-order valence-corrected chi connectivity index (χ4v) is 7.44. The smallest absolute Gasteiger partial charge is 0.145 e. The lowest BCUT2D eigenvalue weighted by Crippen LogP contribution is -2.32. The molecule has 0 saturated carbocycles. The Morgan fingerprint density at radius 3 is 1.17 bits per heavy atom. The lowest BCUT2D eigenvalue weighted by molar-refractivity contribution is 0.388. The zero-order valence-corrected chi connectivity index (χ0v) is 21.4. The first-order chi connectivity index (χ1) is 17.0. The van der Waals surface area contributed by atoms with E-state index in [4.69, 9.17) is 18.9 Å². The summed E-state index contributed by atoms with van der Waals surface area (Å²) in [6.45, 7) is 10.9. The quantitative estimate of drug-likeness (QED) is 0.311. The molecule has 0 radical (unpaired) electrons. The summed E-state index contributed by atoms with van der Waals surface area (Å²) in [5.74, 6) is 0. The second-order valence-electron chi connectivity index (χ2n) is 10.4. The highest BCUT2D eigenvalue weighted by atomic mass is 31.2. The Hall–Kier alpha value is -1.89. The van der Waals surface area contributed by atoms with Gasteiger partial charge < -0.3 is 33.3 Å². The molecule has 4 aliphatic rings. The van der Waals surface area contributed by atoms with Gasteiger partial charge in [-0.1, -0.05) is 13.8 Å². The van der Waals surface area contributed by atoms with Crippen LogP contribution in [0.2, 0.25) is 0 Å². The zero-order valence-electron chi connectivity index (χ0n) is 20.5. The van der Waals surface area contributed by atoms with E-state index in [1.54, 1.807) is 0 Å². The molecule has 35 heavy (non-hydrogen) atoms. The maximum absolute atomic E-state index is 14.5. The number of nitrogens with zero attached hydrogens (tertiary/aromatic N) is 2. The number of rotatable bonds is 13. The molecule has 8 heteroatoms. The van der Waals surface area contributed by atoms with Gasteiger partial charge in [-0.05, 0) is 48.5 Å². The summed E-state index contributed by atoms with van der Waals surface area (Å²) in [6.07, 6.45) is 1.25. The predicted molar refractivity (Wildman–Crippen MR) is 138 cm³/mol. The number of ether oxygens (including phenoxy) is 4. The summed E-state index contributed by atoms with van der Waals surface area (Å²) in [4.78, 5) is 4.66. The standard InChI is InChI=1S/C27H35N2O5P/c1-19(2)35(30,26-7-3-20(4-8-26)28(11-22-15-31-22)12-23-16-32-23)27-9-5-21(6-10-27)29(13-24-17-33-24)14-25-18-34-25/h3-10,19,22-25H,11-18H2,1-2H3. The largest absolute Gasteiger partial charge is 0.371 e. The van der Waals surface area contributed by atoms with Crippen molar-refractivity contribution in [1.29, 1.82) is 0 Å². The van der Waals surface area contributed by atoms with Gasteiger partial charge in [-0.2, -0.15) is 0 Å². The SMILES string of the molecule is CC(C)P(=O)(c1ccc(N(CC2CO2)CC2CO2)cc1)c1ccc(N(CC2CO2)CC2CO2)cc1. The van der Waals surface area contributed by atoms with Gasteiger partial charge in [0.1, 0.15) is 7.14 Å². The average molecular weight is 499 g/mol. The Kier molecular flexibility index (Phi) is 6.40. The number of epoxide rings is 4. The van der Waals surface area contributed by atoms with Crippen LogP contribution in [0.25, 0.3) is 0 Å². The molecule has 2 aromatic rings. The summed E-state index contributed by atoms with van der Waals surface area (Å²) in [5, 5.41) is 1.81. The number of hydrogen-bond donors (Lipinski definition) is 0. The maximum Gasteiger partial charge on any atom is 0.145 e. The van der Waals surface area contributed by atoms with Gasteiger partial charge in [0.05, 0.1) is 50.8 Å². The van der Waals surface area contributed by atoms with Crippen molar-refractivity contribution in [1.82, 2.24) is 0 Å². The Labute approximate surface area is 207 Å². The van der Waals surface area contributed by atoms with Crippen molar-refractivity contribution in [2.24, 2.45) is 0 Å². The molecule has 4 saturated heterocycles. The maximum atomic E-state index is 14.5. The molecule has 2 aromatic carbocycles. The van der Waals surface area contributed by atoms with Crippen LogP contribution in [0.3, 0.4) is 0 Å². The van der Waals surface area contributed by atoms with E-state index in [2.05, 4.69) is 72.2 Å². The Bertz CT molecular complexity index is 952. The van der Waals surface area contributed by atoms with Gasteiger partial charge in [-0.15, -0.1) is 0 Å². The Morgan fingerprint density at radius 1 is 0.657 bits per heavy atom. The van der Waals surface area contributed by atoms with Gasteiger partial charge in [0.15, 0.2) is 0 Å². The molecule has 6 rings (SSSR count). The molecule has 4 heterocycles. The van der Waals surface area contributed by atoms with E-state index in [9.17, 15) is 4.57 Å². The van der Waals surface area contributed by atoms with Crippen LogP contribution in [0.5, 0.6) is 0 Å². The second kappa shape index (κ2) is 9.53. The van der Waals surface area contributed by atoms with Gasteiger partial charge in [-0.3, -0.25) is 0 Å². The lowest BCUT2D eigenvalue weighted by atomic mass is 10.2. The molecule has 7 nitrogen and oxygen atoms in total. The predicted octanol–water partition coefficient (Wildman–Crippen LogP) is 2.62. The van der Waals surface area contributed by atoms with Crippen LogP contribution in [0, 0.1) is 0 Å². The van der Waals surface area contributed by atoms with Crippen molar-refractivity contribution in [3.05, 3.63) is 48.5 Å². The first-order valence-corrected chi connectivity index (χ1v) is 14.5. The monoisotopic (exact) mass is 498 g/mol. The highest BCUT2D eigenvalue weighted by Crippen LogP contribution is 2.48. The summed E-state index contributed by atoms with van der Waals surface area (Å²) in [6, 6.07) is 16.7. The molecule has 4 fully saturated rings. The second-order valence-corrected chi connectivity index (χ2v) is 13.8. The van der Waals surface area contributed by atoms with Crippen LogP contribution in [-0.2, 0) is 23.5 Å². The fraction of sp³-hybridized carbons (Fsp3) is 0.556. The van der Waals surface area contributed by atoms with E-state index in [-0.39, 0.29) is 5.66 Å². The van der Waals surface area contributed by atoms with Crippen molar-refractivity contribution in [2.75, 3.05) is 62.4 Å². The van der Waals surface area contributed by atoms with Crippen molar-refractivity contribution in [2.45, 2.75) is 43.9 Å². The van der Waals surface area contributed by atoms with Gasteiger partial charge in [0.2, 0.25) is 0 Å². The van der Waals surface area contributed by atoms with E-state index in [0.717, 1.165) is 74.6 Å². The van der Waals surface area contributed by atoms with E-state index >= 15 is 0 Å². The number of anilines is 2. The highest BCUT2D eigenvalue weighted by Gasteiger charge is 2.34. The first kappa shape index (κ1) is 23.5. The van der Waals surface area contributed by atoms with Crippen LogP contribution in [0.4, 0.5) is 11.4 Å². The molecule has 4 unspecified atom stereocenters. The Balaban J connectivity index is 1.22. The molecular weight excluding hydrogens is 463 g/mol. The summed E-state index contributed by atoms with van der Waals surface area (Å²) >= 11 is 0. The van der Waals surface area contributed by atoms with Gasteiger partial charge >= 0.3 is 0 Å². The highest BCUT2D eigenvalue weighted by molar-refractivity contribution is 7.79. The van der Waals surface area contributed by atoms with E-state index in [1.165, 1.54) is 0 Å². The third-order valence-corrected chi connectivity index (χ3v) is 10.8. The molecule has 0 amide bonds. The molecule has 0 spiro atoms. The summed E-state index contributed by atoms with van der Waals surface area (Å²) in [5.41, 5.74) is 2.27. The van der Waals surface area contributed by atoms with Crippen LogP contribution in [-0.4, -0.2) is 82.7 Å². The van der Waals surface area contributed by atoms with Gasteiger partial charge in [0.25, 0.3) is 0 Å². The minimum Gasteiger partial charge on any atom is -0.371 e. The third-order valence-electron chi connectivity index (χ3n) is 7.23. The third kappa shape index (κ3) is 5.60. The number of hydrogen-bond acceptors (Lipinski definition) is 7. The molecule has 4 aliphatic heterocycles. The Morgan fingerprint density at radius 2 is 0.943 bits per heavy atom. The van der Waals surface area contributed by atoms with Crippen LogP contribution < -0.4 is 20.4 Å². The van der Waals surface area contributed by atoms with E-state index in [0.29, 0.717) is 24.4 Å². The first-order valence-electron chi connectivity index (χ1n) is 12.8. The summed E-state index contributed by atoms with van der Waals surface area (Å²) < 4.78 is 36.4. The van der Waals surface area contributed by atoms with Crippen molar-refractivity contribution < 1.29 is 23.5 Å². The van der Waals surface area contributed by atoms with Gasteiger partial charge in [-0.25, -0.2) is 0 Å². The van der Waals surface area contributed by atoms with Crippen LogP contribution in [0.15, 0.2) is 48.5 Å². The fourth-order valence-electron chi connectivity index (χ4n) is 4.76. The topological polar surface area (TPSA) is 73.7 Å². The summed E-state index contributed by atoms with van der Waals surface area (Å²) in [7, 11) is -2.79. The zero-order chi connectivity index (χ0) is 24.0. The average Bonchev–Trinajstić information content (AvgIpc) is 3.70. The molecule has 0 bridgehead atoms. The molecular formula is C27H35N2O5P. The van der Waals surface area contributed by atoms with Crippen molar-refractivity contribution in [3.8, 4) is 0 Å². The molecule has 0 N–H and O–H groups in total. The minimum atomic E-state index is -2.79. The number of benzene rings is 2. The molecule has 188 valence electrons. The molecule has 4 atom stereocenters. The normalized spacial score (nSPS) is 27.9. The van der Waals surface area contributed by atoms with E-state index in [1.807, 2.05) is 0 Å². The van der Waals surface area contributed by atoms with Crippen molar-refractivity contribution in [3.63, 3.8) is 0 Å². The van der Waals surface area contributed by atoms with E-state index < -0.39 is 7.14 Å². The lowest BCUT2D eigenvalue weighted by Gasteiger charge is -2.27. The van der Waals surface area contributed by atoms with Crippen molar-refractivity contribution >= 4 is 29.1 Å². The molecule has 0 aromatic heterocycles. The molecule has 0 aliphatic carbocycles. The van der Waals surface area contributed by atoms with Crippen LogP contribution in [0.1, 0.15) is 13.8 Å². The van der Waals surface area contributed by atoms with Crippen LogP contribution >= 0.6 is 7.14 Å². The van der Waals surface area contributed by atoms with Gasteiger partial charge in [0, 0.05) is 53.8 Å². The minimum absolute atomic E-state index is 0.00543.